The zero-order valence-corrected chi connectivity index (χ0v) is 14.6. The average Bonchev–Trinajstić information content (AvgIpc) is 2.48. The van der Waals surface area contributed by atoms with E-state index in [1.807, 2.05) is 12.1 Å². The molecule has 0 aromatic heterocycles. The summed E-state index contributed by atoms with van der Waals surface area (Å²) in [6.07, 6.45) is 6.47. The Hall–Kier alpha value is -0.740. The van der Waals surface area contributed by atoms with Crippen molar-refractivity contribution in [3.8, 4) is 5.75 Å². The number of hydrogen-bond donors (Lipinski definition) is 1. The molecule has 0 amide bonds. The van der Waals surface area contributed by atoms with Gasteiger partial charge in [0.05, 0.1) is 5.56 Å². The molecule has 4 heteroatoms. The number of benzene rings is 1. The summed E-state index contributed by atoms with van der Waals surface area (Å²) in [6.45, 7) is 4.39. The fraction of sp³-hybridized carbons (Fsp3) is 0.588. The lowest BCUT2D eigenvalue weighted by Crippen LogP contribution is -2.30. The normalized spacial score (nSPS) is 22.0. The van der Waals surface area contributed by atoms with Gasteiger partial charge in [0.2, 0.25) is 0 Å². The van der Waals surface area contributed by atoms with E-state index in [1.165, 1.54) is 25.7 Å². The highest BCUT2D eigenvalue weighted by molar-refractivity contribution is 7.99. The largest absolute Gasteiger partial charge is 0.489 e. The molecule has 2 N–H and O–H groups in total. The third-order valence-electron chi connectivity index (χ3n) is 4.18. The molecule has 0 spiro atoms. The molecule has 1 aromatic rings. The van der Waals surface area contributed by atoms with Gasteiger partial charge >= 0.3 is 0 Å². The molecule has 1 saturated carbocycles. The fourth-order valence-corrected chi connectivity index (χ4v) is 4.20. The van der Waals surface area contributed by atoms with Crippen molar-refractivity contribution in [1.29, 1.82) is 0 Å². The van der Waals surface area contributed by atoms with Crippen LogP contribution in [0, 0.1) is 5.92 Å². The van der Waals surface area contributed by atoms with Gasteiger partial charge in [-0.3, -0.25) is 0 Å². The van der Waals surface area contributed by atoms with Crippen molar-refractivity contribution in [3.05, 3.63) is 23.8 Å². The third-order valence-corrected chi connectivity index (χ3v) is 5.32. The van der Waals surface area contributed by atoms with Crippen LogP contribution in [0.15, 0.2) is 23.1 Å². The van der Waals surface area contributed by atoms with Gasteiger partial charge in [-0.05, 0) is 49.5 Å². The second-order valence-corrected chi connectivity index (χ2v) is 7.28. The van der Waals surface area contributed by atoms with Crippen LogP contribution in [0.2, 0.25) is 0 Å². The summed E-state index contributed by atoms with van der Waals surface area (Å²) in [4.78, 5) is 1.57. The SMILES string of the molecule is CCSc1cccc(OC2CCCCC2CC)c1C(N)=S. The first kappa shape index (κ1) is 16.6. The molecule has 116 valence electrons. The zero-order valence-electron chi connectivity index (χ0n) is 12.9. The molecule has 2 nitrogen and oxygen atoms in total. The van der Waals surface area contributed by atoms with Gasteiger partial charge in [0, 0.05) is 4.90 Å². The third kappa shape index (κ3) is 4.13. The summed E-state index contributed by atoms with van der Waals surface area (Å²) in [5.74, 6) is 2.52. The summed E-state index contributed by atoms with van der Waals surface area (Å²) in [6, 6.07) is 6.13. The van der Waals surface area contributed by atoms with Crippen molar-refractivity contribution in [3.63, 3.8) is 0 Å². The predicted molar refractivity (Wildman–Crippen MR) is 95.4 cm³/mol. The van der Waals surface area contributed by atoms with Crippen molar-refractivity contribution < 1.29 is 4.74 Å². The zero-order chi connectivity index (χ0) is 15.2. The molecule has 2 rings (SSSR count). The number of thioether (sulfide) groups is 1. The quantitative estimate of drug-likeness (QED) is 0.603. The van der Waals surface area contributed by atoms with Crippen LogP contribution in [0.3, 0.4) is 0 Å². The Morgan fingerprint density at radius 3 is 2.76 bits per heavy atom. The molecule has 1 aromatic carbocycles. The summed E-state index contributed by atoms with van der Waals surface area (Å²) >= 11 is 7.03. The minimum absolute atomic E-state index is 0.304. The van der Waals surface area contributed by atoms with E-state index >= 15 is 0 Å². The molecule has 0 bridgehead atoms. The second-order valence-electron chi connectivity index (χ2n) is 5.54. The van der Waals surface area contributed by atoms with E-state index in [9.17, 15) is 0 Å². The molecular weight excluding hydrogens is 298 g/mol. The number of ether oxygens (including phenoxy) is 1. The predicted octanol–water partition coefficient (Wildman–Crippen LogP) is 4.78. The molecular formula is C17H25NOS2. The van der Waals surface area contributed by atoms with E-state index in [1.54, 1.807) is 11.8 Å². The fourth-order valence-electron chi connectivity index (χ4n) is 3.09. The van der Waals surface area contributed by atoms with Gasteiger partial charge in [-0.1, -0.05) is 38.6 Å². The molecule has 1 aliphatic rings. The van der Waals surface area contributed by atoms with Gasteiger partial charge < -0.3 is 10.5 Å². The average molecular weight is 324 g/mol. The molecule has 2 atom stereocenters. The highest BCUT2D eigenvalue weighted by atomic mass is 32.2. The summed E-state index contributed by atoms with van der Waals surface area (Å²) < 4.78 is 6.36. The van der Waals surface area contributed by atoms with Gasteiger partial charge in [0.15, 0.2) is 0 Å². The Morgan fingerprint density at radius 2 is 2.10 bits per heavy atom. The maximum Gasteiger partial charge on any atom is 0.131 e. The molecule has 21 heavy (non-hydrogen) atoms. The number of nitrogens with two attached hydrogens (primary N) is 1. The molecule has 0 aliphatic heterocycles. The Balaban J connectivity index is 2.26. The van der Waals surface area contributed by atoms with Crippen LogP contribution >= 0.6 is 24.0 Å². The molecule has 0 radical (unpaired) electrons. The minimum Gasteiger partial charge on any atom is -0.489 e. The molecule has 1 fully saturated rings. The van der Waals surface area contributed by atoms with Gasteiger partial charge in [0.1, 0.15) is 16.8 Å². The van der Waals surface area contributed by atoms with Crippen molar-refractivity contribution in [2.24, 2.45) is 11.7 Å². The minimum atomic E-state index is 0.304. The van der Waals surface area contributed by atoms with Crippen molar-refractivity contribution in [1.82, 2.24) is 0 Å². The van der Waals surface area contributed by atoms with Crippen LogP contribution in [0.5, 0.6) is 5.75 Å². The number of rotatable bonds is 6. The van der Waals surface area contributed by atoms with E-state index < -0.39 is 0 Å². The molecule has 0 saturated heterocycles. The van der Waals surface area contributed by atoms with Gasteiger partial charge in [-0.15, -0.1) is 11.8 Å². The Morgan fingerprint density at radius 1 is 1.33 bits per heavy atom. The van der Waals surface area contributed by atoms with Crippen LogP contribution < -0.4 is 10.5 Å². The number of hydrogen-bond acceptors (Lipinski definition) is 3. The lowest BCUT2D eigenvalue weighted by molar-refractivity contribution is 0.0900. The monoisotopic (exact) mass is 323 g/mol. The van der Waals surface area contributed by atoms with Crippen molar-refractivity contribution in [2.45, 2.75) is 57.0 Å². The van der Waals surface area contributed by atoms with Crippen LogP contribution in [-0.4, -0.2) is 16.8 Å². The second kappa shape index (κ2) is 8.04. The number of thiocarbonyl (C=S) groups is 1. The first-order valence-electron chi connectivity index (χ1n) is 7.89. The highest BCUT2D eigenvalue weighted by Gasteiger charge is 2.26. The maximum absolute atomic E-state index is 6.36. The van der Waals surface area contributed by atoms with Crippen LogP contribution in [0.25, 0.3) is 0 Å². The lowest BCUT2D eigenvalue weighted by atomic mass is 9.84. The van der Waals surface area contributed by atoms with E-state index in [2.05, 4.69) is 19.9 Å². The van der Waals surface area contributed by atoms with Crippen molar-refractivity contribution >= 4 is 29.0 Å². The Bertz CT molecular complexity index is 490. The lowest BCUT2D eigenvalue weighted by Gasteiger charge is -2.32. The highest BCUT2D eigenvalue weighted by Crippen LogP contribution is 2.35. The van der Waals surface area contributed by atoms with Crippen molar-refractivity contribution in [2.75, 3.05) is 5.75 Å². The molecule has 1 aliphatic carbocycles. The Labute approximate surface area is 137 Å². The maximum atomic E-state index is 6.36. The molecule has 2 unspecified atom stereocenters. The first-order valence-corrected chi connectivity index (χ1v) is 9.29. The summed E-state index contributed by atoms with van der Waals surface area (Å²) in [7, 11) is 0. The van der Waals surface area contributed by atoms with Gasteiger partial charge in [0.25, 0.3) is 0 Å². The smallest absolute Gasteiger partial charge is 0.131 e. The van der Waals surface area contributed by atoms with Gasteiger partial charge in [-0.2, -0.15) is 0 Å². The van der Waals surface area contributed by atoms with E-state index in [4.69, 9.17) is 22.7 Å². The first-order chi connectivity index (χ1) is 10.2. The van der Waals surface area contributed by atoms with Crippen LogP contribution in [0.1, 0.15) is 51.5 Å². The summed E-state index contributed by atoms with van der Waals surface area (Å²) in [5, 5.41) is 0. The Kier molecular flexibility index (Phi) is 6.37. The standard InChI is InChI=1S/C17H25NOS2/c1-3-12-8-5-6-9-13(12)19-14-10-7-11-15(21-4-2)16(14)17(18)20/h7,10-13H,3-6,8-9H2,1-2H3,(H2,18,20). The molecule has 0 heterocycles. The van der Waals surface area contributed by atoms with Gasteiger partial charge in [-0.25, -0.2) is 0 Å². The summed E-state index contributed by atoms with van der Waals surface area (Å²) in [5.41, 5.74) is 6.87. The topological polar surface area (TPSA) is 35.2 Å². The van der Waals surface area contributed by atoms with E-state index in [-0.39, 0.29) is 0 Å². The van der Waals surface area contributed by atoms with Crippen LogP contribution in [-0.2, 0) is 0 Å². The van der Waals surface area contributed by atoms with E-state index in [0.29, 0.717) is 17.0 Å². The van der Waals surface area contributed by atoms with E-state index in [0.717, 1.165) is 28.4 Å². The van der Waals surface area contributed by atoms with Crippen LogP contribution in [0.4, 0.5) is 0 Å².